The summed E-state index contributed by atoms with van der Waals surface area (Å²) in [6.07, 6.45) is 6.84. The Kier molecular flexibility index (Phi) is 5.08. The first-order chi connectivity index (χ1) is 15.5. The third-order valence-electron chi connectivity index (χ3n) is 6.89. The summed E-state index contributed by atoms with van der Waals surface area (Å²) >= 11 is 0. The number of halogens is 2. The van der Waals surface area contributed by atoms with Crippen molar-refractivity contribution in [1.82, 2.24) is 14.8 Å². The molecule has 1 amide bonds. The Labute approximate surface area is 185 Å². The van der Waals surface area contributed by atoms with Crippen LogP contribution in [0.1, 0.15) is 38.0 Å². The summed E-state index contributed by atoms with van der Waals surface area (Å²) in [6, 6.07) is 3.23. The van der Waals surface area contributed by atoms with Gasteiger partial charge in [-0.2, -0.15) is 5.10 Å². The summed E-state index contributed by atoms with van der Waals surface area (Å²) in [5.74, 6) is 0.262. The van der Waals surface area contributed by atoms with Crippen molar-refractivity contribution >= 4 is 18.8 Å². The smallest absolute Gasteiger partial charge is 0.231 e. The summed E-state index contributed by atoms with van der Waals surface area (Å²) in [4.78, 5) is 21.8. The van der Waals surface area contributed by atoms with E-state index in [1.165, 1.54) is 12.1 Å². The molecule has 32 heavy (non-hydrogen) atoms. The lowest BCUT2D eigenvalue weighted by molar-refractivity contribution is -0.144. The van der Waals surface area contributed by atoms with Gasteiger partial charge in [0.15, 0.2) is 12.0 Å². The molecule has 168 valence electrons. The molecule has 0 aliphatic carbocycles. The Morgan fingerprint density at radius 3 is 2.62 bits per heavy atom. The van der Waals surface area contributed by atoms with Crippen LogP contribution in [0.4, 0.5) is 8.78 Å². The molecule has 4 heterocycles. The van der Waals surface area contributed by atoms with Crippen molar-refractivity contribution in [1.29, 1.82) is 0 Å². The molecule has 1 aromatic carbocycles. The van der Waals surface area contributed by atoms with Gasteiger partial charge in [-0.15, -0.1) is 0 Å². The third kappa shape index (κ3) is 3.23. The highest BCUT2D eigenvalue weighted by Gasteiger charge is 2.57. The molecule has 3 saturated heterocycles. The van der Waals surface area contributed by atoms with Crippen molar-refractivity contribution in [3.8, 4) is 0 Å². The van der Waals surface area contributed by atoms with Gasteiger partial charge >= 0.3 is 0 Å². The standard InChI is InChI=1S/C23H25F2N5O2/c1-3-19-27-7-4-20(30(19)26-2)28-8-5-23(6-9-28)13-18-14-32-21(29(18)22(23)31)15-10-16(24)12-17(25)11-15/h3-4,7,10-12,18,21H,2,5-6,8-9,13-14H2,1H3/b19-3-/t18-,21+/m1/s1. The van der Waals surface area contributed by atoms with Crippen LogP contribution in [-0.4, -0.2) is 59.4 Å². The van der Waals surface area contributed by atoms with Gasteiger partial charge in [0.25, 0.3) is 0 Å². The number of nitrogens with zero attached hydrogens (tertiary/aromatic N) is 5. The summed E-state index contributed by atoms with van der Waals surface area (Å²) in [5.41, 5.74) is -0.139. The Balaban J connectivity index is 1.33. The van der Waals surface area contributed by atoms with Gasteiger partial charge in [-0.25, -0.2) is 18.8 Å². The number of fused-ring (bicyclic) bond motifs is 1. The van der Waals surface area contributed by atoms with E-state index in [1.54, 1.807) is 16.1 Å². The molecule has 0 bridgehead atoms. The maximum atomic E-state index is 13.8. The molecule has 0 aromatic heterocycles. The normalized spacial score (nSPS) is 28.0. The van der Waals surface area contributed by atoms with Crippen molar-refractivity contribution < 1.29 is 18.3 Å². The Bertz CT molecular complexity index is 1020. The largest absolute Gasteiger partial charge is 0.356 e. The second-order valence-electron chi connectivity index (χ2n) is 8.63. The number of piperidine rings is 1. The van der Waals surface area contributed by atoms with E-state index in [9.17, 15) is 13.6 Å². The van der Waals surface area contributed by atoms with Gasteiger partial charge in [-0.3, -0.25) is 4.79 Å². The molecule has 3 fully saturated rings. The summed E-state index contributed by atoms with van der Waals surface area (Å²) < 4.78 is 33.3. The van der Waals surface area contributed by atoms with Crippen LogP contribution >= 0.6 is 0 Å². The van der Waals surface area contributed by atoms with Crippen molar-refractivity contribution in [2.45, 2.75) is 38.5 Å². The van der Waals surface area contributed by atoms with Crippen LogP contribution in [0.15, 0.2) is 52.1 Å². The van der Waals surface area contributed by atoms with E-state index in [0.29, 0.717) is 50.3 Å². The van der Waals surface area contributed by atoms with E-state index in [-0.39, 0.29) is 11.9 Å². The van der Waals surface area contributed by atoms with Gasteiger partial charge < -0.3 is 14.5 Å². The SMILES string of the molecule is C=NN1C(N2CCC3(CC2)C[C@@H]2CO[C@@H](c4cc(F)cc(F)c4)N2C3=O)=CC=N/C1=C/C. The minimum absolute atomic E-state index is 0.0151. The first-order valence-electron chi connectivity index (χ1n) is 10.8. The number of carbonyl (C=O) groups is 1. The number of hydrazone groups is 1. The third-order valence-corrected chi connectivity index (χ3v) is 6.89. The van der Waals surface area contributed by atoms with E-state index in [1.807, 2.05) is 19.1 Å². The Hall–Kier alpha value is -3.07. The van der Waals surface area contributed by atoms with Crippen molar-refractivity contribution in [3.05, 3.63) is 59.2 Å². The number of hydrogen-bond donors (Lipinski definition) is 0. The van der Waals surface area contributed by atoms with Crippen molar-refractivity contribution in [2.75, 3.05) is 19.7 Å². The fraction of sp³-hybridized carbons (Fsp3) is 0.435. The highest BCUT2D eigenvalue weighted by molar-refractivity contribution is 5.86. The zero-order valence-electron chi connectivity index (χ0n) is 17.9. The quantitative estimate of drug-likeness (QED) is 0.675. The van der Waals surface area contributed by atoms with Crippen LogP contribution in [0.3, 0.4) is 0 Å². The molecule has 0 unspecified atom stereocenters. The first-order valence-corrected chi connectivity index (χ1v) is 10.8. The number of hydrogen-bond acceptors (Lipinski definition) is 6. The van der Waals surface area contributed by atoms with E-state index in [0.717, 1.165) is 11.9 Å². The van der Waals surface area contributed by atoms with Gasteiger partial charge in [0.2, 0.25) is 5.91 Å². The highest BCUT2D eigenvalue weighted by Crippen LogP contribution is 2.50. The van der Waals surface area contributed by atoms with E-state index in [4.69, 9.17) is 4.74 Å². The van der Waals surface area contributed by atoms with E-state index in [2.05, 4.69) is 21.7 Å². The lowest BCUT2D eigenvalue weighted by Gasteiger charge is -2.42. The monoisotopic (exact) mass is 441 g/mol. The van der Waals surface area contributed by atoms with Crippen LogP contribution in [0.2, 0.25) is 0 Å². The molecule has 1 aromatic rings. The number of rotatable bonds is 3. The summed E-state index contributed by atoms with van der Waals surface area (Å²) in [5, 5.41) is 5.81. The van der Waals surface area contributed by atoms with Crippen LogP contribution in [0.5, 0.6) is 0 Å². The number of allylic oxidation sites excluding steroid dienone is 2. The lowest BCUT2D eigenvalue weighted by atomic mass is 9.76. The molecule has 7 nitrogen and oxygen atoms in total. The highest BCUT2D eigenvalue weighted by atomic mass is 19.1. The fourth-order valence-corrected chi connectivity index (χ4v) is 5.36. The number of benzene rings is 1. The minimum Gasteiger partial charge on any atom is -0.356 e. The van der Waals surface area contributed by atoms with Gasteiger partial charge in [0.05, 0.1) is 18.1 Å². The maximum Gasteiger partial charge on any atom is 0.231 e. The molecule has 5 rings (SSSR count). The van der Waals surface area contributed by atoms with E-state index >= 15 is 0 Å². The molecule has 4 aliphatic rings. The molecule has 0 radical (unpaired) electrons. The topological polar surface area (TPSA) is 60.7 Å². The average Bonchev–Trinajstić information content (AvgIpc) is 3.31. The van der Waals surface area contributed by atoms with Crippen LogP contribution in [0.25, 0.3) is 0 Å². The molecule has 0 N–H and O–H groups in total. The number of amides is 1. The van der Waals surface area contributed by atoms with Gasteiger partial charge in [0.1, 0.15) is 17.5 Å². The molecule has 4 aliphatic heterocycles. The predicted molar refractivity (Wildman–Crippen MR) is 115 cm³/mol. The van der Waals surface area contributed by atoms with Gasteiger partial charge in [-0.1, -0.05) is 0 Å². The number of aliphatic imine (C=N–C) groups is 1. The second-order valence-corrected chi connectivity index (χ2v) is 8.63. The van der Waals surface area contributed by atoms with Gasteiger partial charge in [-0.05, 0) is 50.5 Å². The van der Waals surface area contributed by atoms with Crippen LogP contribution < -0.4 is 0 Å². The first kappa shape index (κ1) is 20.8. The second kappa shape index (κ2) is 7.81. The molecule has 0 saturated carbocycles. The number of likely N-dealkylation sites (tertiary alicyclic amines) is 1. The van der Waals surface area contributed by atoms with Crippen molar-refractivity contribution in [2.24, 2.45) is 15.5 Å². The molecular weight excluding hydrogens is 416 g/mol. The average molecular weight is 441 g/mol. The van der Waals surface area contributed by atoms with E-state index < -0.39 is 23.3 Å². The van der Waals surface area contributed by atoms with Crippen molar-refractivity contribution in [3.63, 3.8) is 0 Å². The van der Waals surface area contributed by atoms with Crippen LogP contribution in [0, 0.1) is 17.0 Å². The molecule has 9 heteroatoms. The van der Waals surface area contributed by atoms with Crippen LogP contribution in [-0.2, 0) is 9.53 Å². The Morgan fingerprint density at radius 2 is 1.97 bits per heavy atom. The molecular formula is C23H25F2N5O2. The molecule has 2 atom stereocenters. The zero-order chi connectivity index (χ0) is 22.5. The summed E-state index contributed by atoms with van der Waals surface area (Å²) in [7, 11) is 0. The zero-order valence-corrected chi connectivity index (χ0v) is 17.9. The number of ether oxygens (including phenoxy) is 1. The number of carbonyl (C=O) groups excluding carboxylic acids is 1. The maximum absolute atomic E-state index is 13.8. The minimum atomic E-state index is -0.745. The molecule has 1 spiro atoms. The Morgan fingerprint density at radius 1 is 1.25 bits per heavy atom. The van der Waals surface area contributed by atoms with Gasteiger partial charge in [0, 0.05) is 37.7 Å². The summed E-state index contributed by atoms with van der Waals surface area (Å²) in [6.45, 7) is 7.31. The predicted octanol–water partition coefficient (Wildman–Crippen LogP) is 3.38. The fourth-order valence-electron chi connectivity index (χ4n) is 5.36. The lowest BCUT2D eigenvalue weighted by Crippen LogP contribution is -2.46.